The predicted octanol–water partition coefficient (Wildman–Crippen LogP) is 3.14. The molecule has 1 N–H and O–H groups in total. The number of rotatable bonds is 2. The SMILES string of the molecule is O=C(Nc1cccnc1Cl)c1ccc(Br)nc1. The summed E-state index contributed by atoms with van der Waals surface area (Å²) in [6.07, 6.45) is 3.03. The van der Waals surface area contributed by atoms with E-state index >= 15 is 0 Å². The largest absolute Gasteiger partial charge is 0.319 e. The van der Waals surface area contributed by atoms with Crippen molar-refractivity contribution >= 4 is 39.1 Å². The molecule has 0 saturated carbocycles. The van der Waals surface area contributed by atoms with Crippen LogP contribution in [0, 0.1) is 0 Å². The molecule has 86 valence electrons. The van der Waals surface area contributed by atoms with Gasteiger partial charge in [-0.3, -0.25) is 4.79 Å². The van der Waals surface area contributed by atoms with Crippen molar-refractivity contribution in [2.45, 2.75) is 0 Å². The van der Waals surface area contributed by atoms with Crippen molar-refractivity contribution in [2.24, 2.45) is 0 Å². The summed E-state index contributed by atoms with van der Waals surface area (Å²) in [5.74, 6) is -0.278. The first-order valence-electron chi connectivity index (χ1n) is 4.70. The Labute approximate surface area is 111 Å². The molecule has 0 aliphatic heterocycles. The molecule has 0 atom stereocenters. The molecule has 0 radical (unpaired) electrons. The lowest BCUT2D eigenvalue weighted by Crippen LogP contribution is -2.12. The number of anilines is 1. The fraction of sp³-hybridized carbons (Fsp3) is 0. The van der Waals surface area contributed by atoms with Gasteiger partial charge in [-0.25, -0.2) is 9.97 Å². The Morgan fingerprint density at radius 3 is 2.76 bits per heavy atom. The van der Waals surface area contributed by atoms with E-state index in [0.29, 0.717) is 15.9 Å². The molecule has 0 saturated heterocycles. The van der Waals surface area contributed by atoms with Gasteiger partial charge in [-0.1, -0.05) is 11.6 Å². The highest BCUT2D eigenvalue weighted by molar-refractivity contribution is 9.10. The third kappa shape index (κ3) is 3.01. The molecule has 2 aromatic rings. The number of nitrogens with one attached hydrogen (secondary N) is 1. The highest BCUT2D eigenvalue weighted by atomic mass is 79.9. The molecule has 0 aromatic carbocycles. The average Bonchev–Trinajstić information content (AvgIpc) is 2.33. The van der Waals surface area contributed by atoms with E-state index in [1.54, 1.807) is 30.5 Å². The second kappa shape index (κ2) is 5.25. The van der Waals surface area contributed by atoms with Gasteiger partial charge in [-0.05, 0) is 40.2 Å². The number of nitrogens with zero attached hydrogens (tertiary/aromatic N) is 2. The minimum absolute atomic E-state index is 0.255. The minimum atomic E-state index is -0.278. The monoisotopic (exact) mass is 311 g/mol. The van der Waals surface area contributed by atoms with Crippen LogP contribution in [0.5, 0.6) is 0 Å². The molecule has 0 unspecified atom stereocenters. The summed E-state index contributed by atoms with van der Waals surface area (Å²) in [6, 6.07) is 6.73. The van der Waals surface area contributed by atoms with Gasteiger partial charge in [0, 0.05) is 12.4 Å². The van der Waals surface area contributed by atoms with Gasteiger partial charge in [-0.2, -0.15) is 0 Å². The first kappa shape index (κ1) is 12.0. The molecule has 2 aromatic heterocycles. The molecule has 0 aliphatic rings. The number of carbonyl (C=O) groups is 1. The summed E-state index contributed by atoms with van der Waals surface area (Å²) in [5, 5.41) is 2.91. The summed E-state index contributed by atoms with van der Waals surface area (Å²) in [6.45, 7) is 0. The van der Waals surface area contributed by atoms with Crippen LogP contribution in [0.25, 0.3) is 0 Å². The molecular weight excluding hydrogens is 305 g/mol. The van der Waals surface area contributed by atoms with Gasteiger partial charge in [-0.15, -0.1) is 0 Å². The number of pyridine rings is 2. The van der Waals surface area contributed by atoms with Crippen molar-refractivity contribution in [3.8, 4) is 0 Å². The van der Waals surface area contributed by atoms with Crippen LogP contribution in [0.15, 0.2) is 41.3 Å². The van der Waals surface area contributed by atoms with Crippen LogP contribution in [-0.2, 0) is 0 Å². The second-order valence-corrected chi connectivity index (χ2v) is 4.34. The average molecular weight is 313 g/mol. The number of carbonyl (C=O) groups excluding carboxylic acids is 1. The van der Waals surface area contributed by atoms with Gasteiger partial charge in [0.15, 0.2) is 5.15 Å². The van der Waals surface area contributed by atoms with Crippen LogP contribution < -0.4 is 5.32 Å². The third-order valence-corrected chi connectivity index (χ3v) is 2.77. The normalized spacial score (nSPS) is 10.0. The van der Waals surface area contributed by atoms with E-state index < -0.39 is 0 Å². The Balaban J connectivity index is 2.17. The van der Waals surface area contributed by atoms with Gasteiger partial charge >= 0.3 is 0 Å². The number of hydrogen-bond acceptors (Lipinski definition) is 3. The van der Waals surface area contributed by atoms with Crippen LogP contribution in [0.3, 0.4) is 0 Å². The number of aromatic nitrogens is 2. The fourth-order valence-corrected chi connectivity index (χ4v) is 1.59. The number of halogens is 2. The maximum atomic E-state index is 11.8. The van der Waals surface area contributed by atoms with Crippen molar-refractivity contribution in [1.82, 2.24) is 9.97 Å². The van der Waals surface area contributed by atoms with E-state index in [0.717, 1.165) is 0 Å². The molecule has 17 heavy (non-hydrogen) atoms. The first-order chi connectivity index (χ1) is 8.16. The summed E-state index contributed by atoms with van der Waals surface area (Å²) < 4.78 is 0.675. The standard InChI is InChI=1S/C11H7BrClN3O/c12-9-4-3-7(6-15-9)11(17)16-8-2-1-5-14-10(8)13/h1-6H,(H,16,17). The molecule has 2 heterocycles. The number of hydrogen-bond donors (Lipinski definition) is 1. The van der Waals surface area contributed by atoms with Gasteiger partial charge in [0.1, 0.15) is 4.60 Å². The van der Waals surface area contributed by atoms with Crippen LogP contribution in [-0.4, -0.2) is 15.9 Å². The lowest BCUT2D eigenvalue weighted by Gasteiger charge is -2.05. The van der Waals surface area contributed by atoms with Crippen LogP contribution >= 0.6 is 27.5 Å². The zero-order chi connectivity index (χ0) is 12.3. The molecule has 0 spiro atoms. The summed E-state index contributed by atoms with van der Waals surface area (Å²) in [7, 11) is 0. The van der Waals surface area contributed by atoms with E-state index in [9.17, 15) is 4.79 Å². The molecule has 2 rings (SSSR count). The quantitative estimate of drug-likeness (QED) is 0.867. The molecule has 6 heteroatoms. The van der Waals surface area contributed by atoms with Crippen molar-refractivity contribution in [1.29, 1.82) is 0 Å². The van der Waals surface area contributed by atoms with E-state index in [4.69, 9.17) is 11.6 Å². The molecule has 0 bridgehead atoms. The van der Waals surface area contributed by atoms with Crippen molar-refractivity contribution < 1.29 is 4.79 Å². The van der Waals surface area contributed by atoms with Gasteiger partial charge in [0.25, 0.3) is 5.91 Å². The smallest absolute Gasteiger partial charge is 0.257 e. The van der Waals surface area contributed by atoms with E-state index in [2.05, 4.69) is 31.2 Å². The lowest BCUT2D eigenvalue weighted by atomic mass is 10.2. The zero-order valence-corrected chi connectivity index (χ0v) is 10.9. The molecule has 4 nitrogen and oxygen atoms in total. The van der Waals surface area contributed by atoms with Gasteiger partial charge in [0.2, 0.25) is 0 Å². The lowest BCUT2D eigenvalue weighted by molar-refractivity contribution is 0.102. The van der Waals surface area contributed by atoms with E-state index in [-0.39, 0.29) is 11.1 Å². The first-order valence-corrected chi connectivity index (χ1v) is 5.87. The Bertz CT molecular complexity index is 545. The Kier molecular flexibility index (Phi) is 3.71. The van der Waals surface area contributed by atoms with Crippen molar-refractivity contribution in [3.63, 3.8) is 0 Å². The Morgan fingerprint density at radius 1 is 1.29 bits per heavy atom. The van der Waals surface area contributed by atoms with Crippen LogP contribution in [0.1, 0.15) is 10.4 Å². The molecule has 0 aliphatic carbocycles. The summed E-state index contributed by atoms with van der Waals surface area (Å²) in [4.78, 5) is 19.7. The maximum Gasteiger partial charge on any atom is 0.257 e. The fourth-order valence-electron chi connectivity index (χ4n) is 1.18. The molecular formula is C11H7BrClN3O. The summed E-state index contributed by atoms with van der Waals surface area (Å²) >= 11 is 9.03. The van der Waals surface area contributed by atoms with Crippen molar-refractivity contribution in [2.75, 3.05) is 5.32 Å². The summed E-state index contributed by atoms with van der Waals surface area (Å²) in [5.41, 5.74) is 0.926. The topological polar surface area (TPSA) is 54.9 Å². The van der Waals surface area contributed by atoms with E-state index in [1.165, 1.54) is 6.20 Å². The zero-order valence-electron chi connectivity index (χ0n) is 8.52. The molecule has 0 fully saturated rings. The highest BCUT2D eigenvalue weighted by Gasteiger charge is 2.08. The minimum Gasteiger partial charge on any atom is -0.319 e. The van der Waals surface area contributed by atoms with Crippen LogP contribution in [0.2, 0.25) is 5.15 Å². The highest BCUT2D eigenvalue weighted by Crippen LogP contribution is 2.18. The third-order valence-electron chi connectivity index (χ3n) is 2.00. The second-order valence-electron chi connectivity index (χ2n) is 3.17. The maximum absolute atomic E-state index is 11.8. The van der Waals surface area contributed by atoms with Crippen molar-refractivity contribution in [3.05, 3.63) is 52.0 Å². The van der Waals surface area contributed by atoms with Gasteiger partial charge in [0.05, 0.1) is 11.3 Å². The van der Waals surface area contributed by atoms with E-state index in [1.807, 2.05) is 0 Å². The molecule has 1 amide bonds. The van der Waals surface area contributed by atoms with Crippen LogP contribution in [0.4, 0.5) is 5.69 Å². The Hall–Kier alpha value is -1.46. The predicted molar refractivity (Wildman–Crippen MR) is 69.1 cm³/mol. The van der Waals surface area contributed by atoms with Gasteiger partial charge < -0.3 is 5.32 Å². The Morgan fingerprint density at radius 2 is 2.12 bits per heavy atom. The number of amides is 1.